The highest BCUT2D eigenvalue weighted by molar-refractivity contribution is 5.95. The summed E-state index contributed by atoms with van der Waals surface area (Å²) in [5, 5.41) is 9.82. The molecular weight excluding hydrogens is 271 g/mol. The Balaban J connectivity index is 2.82. The third kappa shape index (κ3) is 2.96. The molecule has 2 rings (SSSR count). The molecule has 0 spiro atoms. The number of anilines is 1. The molecule has 0 aliphatic rings. The van der Waals surface area contributed by atoms with Crippen LogP contribution in [-0.2, 0) is 11.2 Å². The van der Waals surface area contributed by atoms with Gasteiger partial charge in [-0.3, -0.25) is 9.78 Å². The quantitative estimate of drug-likeness (QED) is 0.919. The lowest BCUT2D eigenvalue weighted by atomic mass is 10.0. The summed E-state index contributed by atoms with van der Waals surface area (Å²) in [4.78, 5) is 17.6. The van der Waals surface area contributed by atoms with Gasteiger partial charge in [0.15, 0.2) is 0 Å². The van der Waals surface area contributed by atoms with Gasteiger partial charge >= 0.3 is 5.97 Å². The first-order valence-corrected chi connectivity index (χ1v) is 7.03. The molecule has 0 fully saturated rings. The zero-order valence-corrected chi connectivity index (χ0v) is 12.5. The van der Waals surface area contributed by atoms with Gasteiger partial charge in [-0.25, -0.2) is 4.39 Å². The van der Waals surface area contributed by atoms with Crippen LogP contribution in [0.25, 0.3) is 10.9 Å². The Labute approximate surface area is 123 Å². The molecule has 21 heavy (non-hydrogen) atoms. The summed E-state index contributed by atoms with van der Waals surface area (Å²) in [5.74, 6) is -1.26. The molecule has 1 N–H and O–H groups in total. The lowest BCUT2D eigenvalue weighted by Gasteiger charge is -2.26. The number of aryl methyl sites for hydroxylation is 1. The molecule has 1 aromatic heterocycles. The van der Waals surface area contributed by atoms with E-state index >= 15 is 0 Å². The van der Waals surface area contributed by atoms with Crippen molar-refractivity contribution < 1.29 is 14.3 Å². The molecule has 1 aromatic carbocycles. The van der Waals surface area contributed by atoms with Gasteiger partial charge in [0, 0.05) is 29.7 Å². The van der Waals surface area contributed by atoms with Gasteiger partial charge in [-0.2, -0.15) is 0 Å². The summed E-state index contributed by atoms with van der Waals surface area (Å²) in [6, 6.07) is 4.44. The minimum atomic E-state index is -0.913. The van der Waals surface area contributed by atoms with Crippen molar-refractivity contribution in [3.8, 4) is 0 Å². The normalized spacial score (nSPS) is 10.9. The van der Waals surface area contributed by atoms with Gasteiger partial charge in [-0.1, -0.05) is 0 Å². The van der Waals surface area contributed by atoms with Crippen LogP contribution in [-0.4, -0.2) is 29.1 Å². The Morgan fingerprint density at radius 1 is 1.33 bits per heavy atom. The van der Waals surface area contributed by atoms with E-state index in [4.69, 9.17) is 5.11 Å². The number of hydrogen-bond donors (Lipinski definition) is 1. The predicted octanol–water partition coefficient (Wildman–Crippen LogP) is 3.16. The fourth-order valence-corrected chi connectivity index (χ4v) is 2.64. The zero-order valence-electron chi connectivity index (χ0n) is 12.5. The van der Waals surface area contributed by atoms with Crippen molar-refractivity contribution in [3.63, 3.8) is 0 Å². The van der Waals surface area contributed by atoms with Crippen molar-refractivity contribution in [2.75, 3.05) is 18.0 Å². The highest BCUT2D eigenvalue weighted by atomic mass is 19.1. The predicted molar refractivity (Wildman–Crippen MR) is 81.3 cm³/mol. The molecule has 5 heteroatoms. The monoisotopic (exact) mass is 290 g/mol. The first kappa shape index (κ1) is 15.2. The summed E-state index contributed by atoms with van der Waals surface area (Å²) in [6.45, 7) is 7.23. The number of rotatable bonds is 5. The highest BCUT2D eigenvalue weighted by Crippen LogP contribution is 2.32. The minimum Gasteiger partial charge on any atom is -0.481 e. The van der Waals surface area contributed by atoms with Crippen molar-refractivity contribution in [1.29, 1.82) is 0 Å². The fraction of sp³-hybridized carbons (Fsp3) is 0.375. The maximum Gasteiger partial charge on any atom is 0.307 e. The van der Waals surface area contributed by atoms with Crippen LogP contribution >= 0.6 is 0 Å². The molecule has 0 bridgehead atoms. The summed E-state index contributed by atoms with van der Waals surface area (Å²) in [6.07, 6.45) is -0.114. The molecule has 112 valence electrons. The Bertz CT molecular complexity index is 682. The van der Waals surface area contributed by atoms with Crippen molar-refractivity contribution in [1.82, 2.24) is 4.98 Å². The number of fused-ring (bicyclic) bond motifs is 1. The third-order valence-corrected chi connectivity index (χ3v) is 3.63. The van der Waals surface area contributed by atoms with E-state index in [9.17, 15) is 9.18 Å². The summed E-state index contributed by atoms with van der Waals surface area (Å²) in [7, 11) is 0. The van der Waals surface area contributed by atoms with Crippen LogP contribution in [0.1, 0.15) is 25.1 Å². The van der Waals surface area contributed by atoms with Crippen molar-refractivity contribution in [3.05, 3.63) is 35.3 Å². The Hall–Kier alpha value is -2.17. The molecule has 2 aromatic rings. The molecule has 0 aliphatic heterocycles. The van der Waals surface area contributed by atoms with Crippen LogP contribution in [0, 0.1) is 12.7 Å². The molecule has 0 saturated carbocycles. The number of carbonyl (C=O) groups is 1. The van der Waals surface area contributed by atoms with Gasteiger partial charge in [0.2, 0.25) is 0 Å². The number of nitrogens with zero attached hydrogens (tertiary/aromatic N) is 2. The van der Waals surface area contributed by atoms with Gasteiger partial charge in [-0.15, -0.1) is 0 Å². The van der Waals surface area contributed by atoms with E-state index in [1.807, 2.05) is 13.8 Å². The SMILES string of the molecule is CCN(CC)c1c(CC(=O)O)c(C)nc2ccc(F)cc12. The number of pyridine rings is 1. The molecule has 0 saturated heterocycles. The van der Waals surface area contributed by atoms with Crippen LogP contribution in [0.4, 0.5) is 10.1 Å². The van der Waals surface area contributed by atoms with Crippen LogP contribution < -0.4 is 4.90 Å². The van der Waals surface area contributed by atoms with E-state index in [1.54, 1.807) is 13.0 Å². The number of hydrogen-bond acceptors (Lipinski definition) is 3. The second-order valence-electron chi connectivity index (χ2n) is 4.93. The van der Waals surface area contributed by atoms with Gasteiger partial charge in [-0.05, 0) is 39.0 Å². The van der Waals surface area contributed by atoms with E-state index in [2.05, 4.69) is 9.88 Å². The lowest BCUT2D eigenvalue weighted by Crippen LogP contribution is -2.25. The molecule has 0 unspecified atom stereocenters. The van der Waals surface area contributed by atoms with E-state index in [0.29, 0.717) is 22.2 Å². The van der Waals surface area contributed by atoms with E-state index in [1.165, 1.54) is 12.1 Å². The topological polar surface area (TPSA) is 53.4 Å². The Morgan fingerprint density at radius 2 is 2.00 bits per heavy atom. The molecule has 1 heterocycles. The maximum absolute atomic E-state index is 13.6. The smallest absolute Gasteiger partial charge is 0.307 e. The number of benzene rings is 1. The second-order valence-corrected chi connectivity index (χ2v) is 4.93. The number of aromatic nitrogens is 1. The van der Waals surface area contributed by atoms with Crippen LogP contribution in [0.15, 0.2) is 18.2 Å². The van der Waals surface area contributed by atoms with Gasteiger partial charge in [0.05, 0.1) is 17.6 Å². The van der Waals surface area contributed by atoms with E-state index < -0.39 is 5.97 Å². The van der Waals surface area contributed by atoms with Crippen molar-refractivity contribution in [2.45, 2.75) is 27.2 Å². The molecule has 4 nitrogen and oxygen atoms in total. The van der Waals surface area contributed by atoms with Crippen LogP contribution in [0.2, 0.25) is 0 Å². The largest absolute Gasteiger partial charge is 0.481 e. The fourth-order valence-electron chi connectivity index (χ4n) is 2.64. The number of carboxylic acid groups (broad SMARTS) is 1. The van der Waals surface area contributed by atoms with E-state index in [0.717, 1.165) is 18.8 Å². The minimum absolute atomic E-state index is 0.114. The average molecular weight is 290 g/mol. The van der Waals surface area contributed by atoms with Gasteiger partial charge in [0.25, 0.3) is 0 Å². The molecular formula is C16H19FN2O2. The van der Waals surface area contributed by atoms with Gasteiger partial charge < -0.3 is 10.0 Å². The Morgan fingerprint density at radius 3 is 2.57 bits per heavy atom. The number of carboxylic acids is 1. The molecule has 0 radical (unpaired) electrons. The van der Waals surface area contributed by atoms with Crippen LogP contribution in [0.3, 0.4) is 0 Å². The number of halogens is 1. The average Bonchev–Trinajstić information content (AvgIpc) is 2.43. The van der Waals surface area contributed by atoms with Gasteiger partial charge in [0.1, 0.15) is 5.82 Å². The molecule has 0 amide bonds. The van der Waals surface area contributed by atoms with Crippen LogP contribution in [0.5, 0.6) is 0 Å². The van der Waals surface area contributed by atoms with E-state index in [-0.39, 0.29) is 12.2 Å². The molecule has 0 aliphatic carbocycles. The molecule has 0 atom stereocenters. The maximum atomic E-state index is 13.6. The first-order valence-electron chi connectivity index (χ1n) is 7.03. The highest BCUT2D eigenvalue weighted by Gasteiger charge is 2.19. The third-order valence-electron chi connectivity index (χ3n) is 3.63. The van der Waals surface area contributed by atoms with Crippen molar-refractivity contribution >= 4 is 22.6 Å². The Kier molecular flexibility index (Phi) is 4.40. The lowest BCUT2D eigenvalue weighted by molar-refractivity contribution is -0.136. The van der Waals surface area contributed by atoms with Crippen molar-refractivity contribution in [2.24, 2.45) is 0 Å². The first-order chi connectivity index (χ1) is 9.97. The standard InChI is InChI=1S/C16H19FN2O2/c1-4-19(5-2)16-12(9-15(20)21)10(3)18-14-7-6-11(17)8-13(14)16/h6-8H,4-5,9H2,1-3H3,(H,20,21). The summed E-state index contributed by atoms with van der Waals surface area (Å²) in [5.41, 5.74) is 2.80. The zero-order chi connectivity index (χ0) is 15.6. The number of aliphatic carboxylic acids is 1. The second kappa shape index (κ2) is 6.08. The summed E-state index contributed by atoms with van der Waals surface area (Å²) >= 11 is 0. The summed E-state index contributed by atoms with van der Waals surface area (Å²) < 4.78 is 13.6.